The van der Waals surface area contributed by atoms with Crippen molar-refractivity contribution < 1.29 is 4.74 Å². The molecule has 1 nitrogen and oxygen atoms in total. The first-order valence-corrected chi connectivity index (χ1v) is 8.60. The minimum atomic E-state index is -1.04. The summed E-state index contributed by atoms with van der Waals surface area (Å²) in [7, 11) is -1.04. The molecule has 78 valence electrons. The molecule has 1 heterocycles. The summed E-state index contributed by atoms with van der Waals surface area (Å²) in [6.45, 7) is 8.14. The maximum atomic E-state index is 5.98. The molecule has 0 N–H and O–H groups in total. The van der Waals surface area contributed by atoms with E-state index < -0.39 is 8.07 Å². The van der Waals surface area contributed by atoms with Crippen molar-refractivity contribution >= 4 is 8.07 Å². The lowest BCUT2D eigenvalue weighted by Crippen LogP contribution is -2.48. The van der Waals surface area contributed by atoms with Crippen LogP contribution in [0, 0.1) is 0 Å². The van der Waals surface area contributed by atoms with Crippen LogP contribution in [-0.4, -0.2) is 20.4 Å². The van der Waals surface area contributed by atoms with E-state index in [4.69, 9.17) is 4.74 Å². The summed E-state index contributed by atoms with van der Waals surface area (Å²) >= 11 is 0. The zero-order chi connectivity index (χ0) is 9.73. The van der Waals surface area contributed by atoms with Crippen LogP contribution in [0.1, 0.15) is 40.0 Å². The van der Waals surface area contributed by atoms with Crippen molar-refractivity contribution in [2.75, 3.05) is 6.61 Å². The Morgan fingerprint density at radius 3 is 2.08 bits per heavy atom. The van der Waals surface area contributed by atoms with Gasteiger partial charge in [0.2, 0.25) is 0 Å². The largest absolute Gasteiger partial charge is 0.382 e. The third-order valence-electron chi connectivity index (χ3n) is 3.98. The van der Waals surface area contributed by atoms with Crippen LogP contribution in [0.2, 0.25) is 18.1 Å². The van der Waals surface area contributed by atoms with E-state index in [0.717, 1.165) is 6.61 Å². The van der Waals surface area contributed by atoms with E-state index in [1.165, 1.54) is 37.4 Å². The molecule has 0 saturated carbocycles. The monoisotopic (exact) mass is 200 g/mol. The summed E-state index contributed by atoms with van der Waals surface area (Å²) in [6, 6.07) is 4.22. The molecule has 13 heavy (non-hydrogen) atoms. The maximum absolute atomic E-state index is 5.98. The predicted octanol–water partition coefficient (Wildman–Crippen LogP) is 3.60. The Hall–Kier alpha value is 0.177. The number of ether oxygens (including phenoxy) is 1. The smallest absolute Gasteiger partial charge is 0.0868 e. The Labute approximate surface area is 83.9 Å². The van der Waals surface area contributed by atoms with Crippen molar-refractivity contribution in [2.24, 2.45) is 0 Å². The molecule has 1 atom stereocenters. The molecule has 1 aliphatic rings. The highest BCUT2D eigenvalue weighted by atomic mass is 28.3. The Morgan fingerprint density at radius 2 is 1.69 bits per heavy atom. The van der Waals surface area contributed by atoms with Gasteiger partial charge in [-0.15, -0.1) is 0 Å². The van der Waals surface area contributed by atoms with E-state index in [-0.39, 0.29) is 0 Å². The van der Waals surface area contributed by atoms with Gasteiger partial charge >= 0.3 is 0 Å². The fourth-order valence-electron chi connectivity index (χ4n) is 2.66. The van der Waals surface area contributed by atoms with Crippen molar-refractivity contribution in [2.45, 2.75) is 63.9 Å². The zero-order valence-corrected chi connectivity index (χ0v) is 10.4. The van der Waals surface area contributed by atoms with Crippen LogP contribution >= 0.6 is 0 Å². The van der Waals surface area contributed by atoms with Crippen LogP contribution in [0.15, 0.2) is 0 Å². The molecule has 1 rings (SSSR count). The lowest BCUT2D eigenvalue weighted by Gasteiger charge is -2.39. The fraction of sp³-hybridized carbons (Fsp3) is 1.00. The summed E-state index contributed by atoms with van der Waals surface area (Å²) in [5.41, 5.74) is 0.682. The molecule has 0 aromatic heterocycles. The maximum Gasteiger partial charge on any atom is 0.0868 e. The molecule has 2 heteroatoms. The molecule has 1 aliphatic heterocycles. The van der Waals surface area contributed by atoms with Gasteiger partial charge in [0.05, 0.1) is 8.07 Å². The van der Waals surface area contributed by atoms with E-state index in [9.17, 15) is 0 Å². The first-order chi connectivity index (χ1) is 6.29. The van der Waals surface area contributed by atoms with Crippen molar-refractivity contribution in [1.82, 2.24) is 0 Å². The summed E-state index contributed by atoms with van der Waals surface area (Å²) in [5.74, 6) is 0. The first-order valence-electron chi connectivity index (χ1n) is 5.90. The van der Waals surface area contributed by atoms with Crippen molar-refractivity contribution in [1.29, 1.82) is 0 Å². The standard InChI is InChI=1S/C11H24OSi/c1-4-13(5-2,6-3)11-9-7-8-10-12-11/h11H,4-10H2,1-3H3. The third-order valence-corrected chi connectivity index (χ3v) is 10.0. The van der Waals surface area contributed by atoms with Crippen molar-refractivity contribution in [3.63, 3.8) is 0 Å². The number of hydrogen-bond acceptors (Lipinski definition) is 1. The molecule has 0 bridgehead atoms. The first kappa shape index (κ1) is 11.3. The summed E-state index contributed by atoms with van der Waals surface area (Å²) in [6.07, 6.45) is 4.04. The average molecular weight is 200 g/mol. The lowest BCUT2D eigenvalue weighted by molar-refractivity contribution is 0.0587. The molecule has 0 aliphatic carbocycles. The molecule has 0 aromatic carbocycles. The van der Waals surface area contributed by atoms with E-state index in [1.807, 2.05) is 0 Å². The van der Waals surface area contributed by atoms with E-state index in [0.29, 0.717) is 5.73 Å². The number of rotatable bonds is 4. The summed E-state index contributed by atoms with van der Waals surface area (Å²) in [5, 5.41) is 0. The molecule has 0 radical (unpaired) electrons. The van der Waals surface area contributed by atoms with E-state index >= 15 is 0 Å². The van der Waals surface area contributed by atoms with Crippen molar-refractivity contribution in [3.05, 3.63) is 0 Å². The van der Waals surface area contributed by atoms with Gasteiger partial charge < -0.3 is 4.74 Å². The highest BCUT2D eigenvalue weighted by Crippen LogP contribution is 2.31. The normalized spacial score (nSPS) is 24.7. The highest BCUT2D eigenvalue weighted by Gasteiger charge is 2.37. The molecular weight excluding hydrogens is 176 g/mol. The van der Waals surface area contributed by atoms with Crippen LogP contribution in [0.4, 0.5) is 0 Å². The molecule has 0 spiro atoms. The van der Waals surface area contributed by atoms with Gasteiger partial charge in [0.15, 0.2) is 0 Å². The average Bonchev–Trinajstić information content (AvgIpc) is 2.23. The fourth-order valence-corrected chi connectivity index (χ4v) is 6.81. The van der Waals surface area contributed by atoms with Gasteiger partial charge in [-0.05, 0) is 19.3 Å². The van der Waals surface area contributed by atoms with Gasteiger partial charge in [-0.2, -0.15) is 0 Å². The van der Waals surface area contributed by atoms with Crippen LogP contribution in [-0.2, 0) is 4.74 Å². The predicted molar refractivity (Wildman–Crippen MR) is 60.8 cm³/mol. The molecule has 0 amide bonds. The molecule has 0 aromatic rings. The van der Waals surface area contributed by atoms with Gasteiger partial charge in [-0.3, -0.25) is 0 Å². The van der Waals surface area contributed by atoms with Gasteiger partial charge in [-0.25, -0.2) is 0 Å². The summed E-state index contributed by atoms with van der Waals surface area (Å²) < 4.78 is 5.98. The van der Waals surface area contributed by atoms with E-state index in [1.54, 1.807) is 0 Å². The van der Waals surface area contributed by atoms with Crippen LogP contribution in [0.5, 0.6) is 0 Å². The molecule has 1 saturated heterocycles. The summed E-state index contributed by atoms with van der Waals surface area (Å²) in [4.78, 5) is 0. The van der Waals surface area contributed by atoms with Crippen molar-refractivity contribution in [3.8, 4) is 0 Å². The molecule has 1 unspecified atom stereocenters. The Morgan fingerprint density at radius 1 is 1.08 bits per heavy atom. The van der Waals surface area contributed by atoms with Gasteiger partial charge in [-0.1, -0.05) is 38.9 Å². The lowest BCUT2D eigenvalue weighted by atomic mass is 10.2. The van der Waals surface area contributed by atoms with Gasteiger partial charge in [0, 0.05) is 12.3 Å². The number of hydrogen-bond donors (Lipinski definition) is 0. The van der Waals surface area contributed by atoms with Crippen LogP contribution in [0.25, 0.3) is 0 Å². The van der Waals surface area contributed by atoms with E-state index in [2.05, 4.69) is 20.8 Å². The minimum absolute atomic E-state index is 0.682. The van der Waals surface area contributed by atoms with Crippen LogP contribution < -0.4 is 0 Å². The second-order valence-corrected chi connectivity index (χ2v) is 9.77. The SMILES string of the molecule is CC[Si](CC)(CC)C1CCCCO1. The molecule has 1 fully saturated rings. The highest BCUT2D eigenvalue weighted by molar-refractivity contribution is 6.80. The zero-order valence-electron chi connectivity index (χ0n) is 9.44. The third kappa shape index (κ3) is 2.35. The van der Waals surface area contributed by atoms with Crippen LogP contribution in [0.3, 0.4) is 0 Å². The Bertz CT molecular complexity index is 129. The van der Waals surface area contributed by atoms with Gasteiger partial charge in [0.25, 0.3) is 0 Å². The topological polar surface area (TPSA) is 9.23 Å². The second-order valence-electron chi connectivity index (χ2n) is 4.28. The Kier molecular flexibility index (Phi) is 4.46. The quantitative estimate of drug-likeness (QED) is 0.630. The van der Waals surface area contributed by atoms with Gasteiger partial charge in [0.1, 0.15) is 0 Å². The Balaban J connectivity index is 2.60. The molecular formula is C11H24OSi. The second kappa shape index (κ2) is 5.16. The minimum Gasteiger partial charge on any atom is -0.382 e.